The highest BCUT2D eigenvalue weighted by Gasteiger charge is 2.11. The van der Waals surface area contributed by atoms with Crippen LogP contribution in [0.15, 0.2) is 24.3 Å². The summed E-state index contributed by atoms with van der Waals surface area (Å²) in [7, 11) is 0. The molecule has 0 aromatic heterocycles. The summed E-state index contributed by atoms with van der Waals surface area (Å²) < 4.78 is 0. The number of hydrogen-bond acceptors (Lipinski definition) is 2. The lowest BCUT2D eigenvalue weighted by molar-refractivity contribution is -0.121. The SMILES string of the molecule is C[C@H](Cc1ccccc1C#N)C(N)=O. The number of benzene rings is 1. The van der Waals surface area contributed by atoms with Gasteiger partial charge in [-0.2, -0.15) is 5.26 Å². The molecular weight excluding hydrogens is 176 g/mol. The minimum Gasteiger partial charge on any atom is -0.369 e. The van der Waals surface area contributed by atoms with Gasteiger partial charge in [-0.3, -0.25) is 4.79 Å². The minimum absolute atomic E-state index is 0.232. The van der Waals surface area contributed by atoms with Crippen molar-refractivity contribution in [2.45, 2.75) is 13.3 Å². The summed E-state index contributed by atoms with van der Waals surface area (Å²) >= 11 is 0. The molecule has 14 heavy (non-hydrogen) atoms. The molecule has 1 rings (SSSR count). The van der Waals surface area contributed by atoms with Gasteiger partial charge in [-0.1, -0.05) is 25.1 Å². The van der Waals surface area contributed by atoms with Crippen molar-refractivity contribution in [1.82, 2.24) is 0 Å². The predicted molar refractivity (Wildman–Crippen MR) is 53.2 cm³/mol. The number of hydrogen-bond donors (Lipinski definition) is 1. The molecule has 1 amide bonds. The maximum absolute atomic E-state index is 10.8. The Morgan fingerprint density at radius 3 is 2.79 bits per heavy atom. The number of primary amides is 1. The van der Waals surface area contributed by atoms with E-state index >= 15 is 0 Å². The van der Waals surface area contributed by atoms with Gasteiger partial charge in [0.05, 0.1) is 11.6 Å². The average Bonchev–Trinajstić information content (AvgIpc) is 2.18. The number of amides is 1. The molecule has 0 spiro atoms. The van der Waals surface area contributed by atoms with Crippen LogP contribution in [0.2, 0.25) is 0 Å². The van der Waals surface area contributed by atoms with Gasteiger partial charge in [-0.15, -0.1) is 0 Å². The maximum atomic E-state index is 10.8. The van der Waals surface area contributed by atoms with Crippen molar-refractivity contribution in [3.05, 3.63) is 35.4 Å². The summed E-state index contributed by atoms with van der Waals surface area (Å²) in [4.78, 5) is 10.8. The normalized spacial score (nSPS) is 11.7. The fraction of sp³-hybridized carbons (Fsp3) is 0.273. The van der Waals surface area contributed by atoms with Crippen molar-refractivity contribution in [2.24, 2.45) is 11.7 Å². The molecule has 1 atom stereocenters. The molecule has 0 aliphatic heterocycles. The Morgan fingerprint density at radius 2 is 2.21 bits per heavy atom. The number of nitrogens with two attached hydrogens (primary N) is 1. The van der Waals surface area contributed by atoms with Gasteiger partial charge in [0, 0.05) is 5.92 Å². The summed E-state index contributed by atoms with van der Waals surface area (Å²) in [6, 6.07) is 9.33. The highest BCUT2D eigenvalue weighted by molar-refractivity contribution is 5.76. The van der Waals surface area contributed by atoms with Crippen LogP contribution >= 0.6 is 0 Å². The van der Waals surface area contributed by atoms with Gasteiger partial charge in [0.1, 0.15) is 0 Å². The van der Waals surface area contributed by atoms with Crippen molar-refractivity contribution in [3.8, 4) is 6.07 Å². The van der Waals surface area contributed by atoms with E-state index in [0.717, 1.165) is 5.56 Å². The van der Waals surface area contributed by atoms with Gasteiger partial charge in [0.15, 0.2) is 0 Å². The first kappa shape index (κ1) is 10.3. The highest BCUT2D eigenvalue weighted by Crippen LogP contribution is 2.12. The molecule has 3 heteroatoms. The van der Waals surface area contributed by atoms with Gasteiger partial charge < -0.3 is 5.73 Å². The van der Waals surface area contributed by atoms with Crippen LogP contribution in [0.4, 0.5) is 0 Å². The second-order valence-corrected chi connectivity index (χ2v) is 3.28. The first-order valence-corrected chi connectivity index (χ1v) is 4.42. The molecule has 0 saturated carbocycles. The molecular formula is C11H12N2O. The first-order chi connectivity index (χ1) is 6.65. The predicted octanol–water partition coefficient (Wildman–Crippen LogP) is 1.22. The van der Waals surface area contributed by atoms with Gasteiger partial charge in [0.2, 0.25) is 5.91 Å². The van der Waals surface area contributed by atoms with Crippen LogP contribution < -0.4 is 5.73 Å². The number of carbonyl (C=O) groups is 1. The van der Waals surface area contributed by atoms with Crippen molar-refractivity contribution >= 4 is 5.91 Å². The summed E-state index contributed by atoms with van der Waals surface area (Å²) in [6.45, 7) is 1.76. The van der Waals surface area contributed by atoms with Crippen LogP contribution in [0.1, 0.15) is 18.1 Å². The number of nitriles is 1. The van der Waals surface area contributed by atoms with Crippen molar-refractivity contribution in [3.63, 3.8) is 0 Å². The number of nitrogens with zero attached hydrogens (tertiary/aromatic N) is 1. The van der Waals surface area contributed by atoms with E-state index in [1.807, 2.05) is 12.1 Å². The third kappa shape index (κ3) is 2.33. The summed E-state index contributed by atoms with van der Waals surface area (Å²) in [5.74, 6) is -0.567. The van der Waals surface area contributed by atoms with E-state index in [-0.39, 0.29) is 11.8 Å². The Balaban J connectivity index is 2.87. The lowest BCUT2D eigenvalue weighted by Crippen LogP contribution is -2.22. The highest BCUT2D eigenvalue weighted by atomic mass is 16.1. The Kier molecular flexibility index (Phi) is 3.24. The Morgan fingerprint density at radius 1 is 1.57 bits per heavy atom. The van der Waals surface area contributed by atoms with E-state index in [1.165, 1.54) is 0 Å². The second kappa shape index (κ2) is 4.43. The van der Waals surface area contributed by atoms with E-state index < -0.39 is 0 Å². The molecule has 1 aromatic carbocycles. The molecule has 2 N–H and O–H groups in total. The summed E-state index contributed by atoms with van der Waals surface area (Å²) in [6.07, 6.45) is 0.527. The molecule has 72 valence electrons. The zero-order chi connectivity index (χ0) is 10.6. The molecule has 1 aromatic rings. The van der Waals surface area contributed by atoms with Crippen molar-refractivity contribution < 1.29 is 4.79 Å². The molecule has 0 fully saturated rings. The molecule has 0 bridgehead atoms. The third-order valence-corrected chi connectivity index (χ3v) is 2.15. The zero-order valence-electron chi connectivity index (χ0n) is 8.03. The van der Waals surface area contributed by atoms with Crippen LogP contribution in [0, 0.1) is 17.2 Å². The van der Waals surface area contributed by atoms with Gasteiger partial charge in [-0.25, -0.2) is 0 Å². The van der Waals surface area contributed by atoms with Gasteiger partial charge in [-0.05, 0) is 18.1 Å². The molecule has 0 aliphatic carbocycles. The monoisotopic (exact) mass is 188 g/mol. The topological polar surface area (TPSA) is 66.9 Å². The van der Waals surface area contributed by atoms with Crippen LogP contribution in [-0.4, -0.2) is 5.91 Å². The molecule has 0 heterocycles. The molecule has 0 unspecified atom stereocenters. The van der Waals surface area contributed by atoms with Crippen LogP contribution in [0.3, 0.4) is 0 Å². The minimum atomic E-state index is -0.335. The number of rotatable bonds is 3. The van der Waals surface area contributed by atoms with Crippen LogP contribution in [-0.2, 0) is 11.2 Å². The lowest BCUT2D eigenvalue weighted by atomic mass is 9.97. The molecule has 0 radical (unpaired) electrons. The van der Waals surface area contributed by atoms with Crippen LogP contribution in [0.25, 0.3) is 0 Å². The third-order valence-electron chi connectivity index (χ3n) is 2.15. The lowest BCUT2D eigenvalue weighted by Gasteiger charge is -2.07. The average molecular weight is 188 g/mol. The van der Waals surface area contributed by atoms with E-state index in [9.17, 15) is 4.79 Å². The Hall–Kier alpha value is -1.82. The van der Waals surface area contributed by atoms with Crippen molar-refractivity contribution in [1.29, 1.82) is 5.26 Å². The quantitative estimate of drug-likeness (QED) is 0.775. The molecule has 3 nitrogen and oxygen atoms in total. The van der Waals surface area contributed by atoms with E-state index in [1.54, 1.807) is 19.1 Å². The van der Waals surface area contributed by atoms with Gasteiger partial charge >= 0.3 is 0 Å². The molecule has 0 saturated heterocycles. The Labute approximate surface area is 83.2 Å². The van der Waals surface area contributed by atoms with Crippen molar-refractivity contribution in [2.75, 3.05) is 0 Å². The second-order valence-electron chi connectivity index (χ2n) is 3.28. The van der Waals surface area contributed by atoms with E-state index in [0.29, 0.717) is 12.0 Å². The Bertz CT molecular complexity index is 379. The fourth-order valence-electron chi connectivity index (χ4n) is 1.24. The zero-order valence-corrected chi connectivity index (χ0v) is 8.03. The number of carbonyl (C=O) groups excluding carboxylic acids is 1. The fourth-order valence-corrected chi connectivity index (χ4v) is 1.24. The van der Waals surface area contributed by atoms with Crippen LogP contribution in [0.5, 0.6) is 0 Å². The standard InChI is InChI=1S/C11H12N2O/c1-8(11(13)14)6-9-4-2-3-5-10(9)7-12/h2-5,8H,6H2,1H3,(H2,13,14)/t8-/m1/s1. The first-order valence-electron chi connectivity index (χ1n) is 4.42. The van der Waals surface area contributed by atoms with Gasteiger partial charge in [0.25, 0.3) is 0 Å². The summed E-state index contributed by atoms with van der Waals surface area (Å²) in [5.41, 5.74) is 6.64. The van der Waals surface area contributed by atoms with E-state index in [4.69, 9.17) is 11.0 Å². The smallest absolute Gasteiger partial charge is 0.220 e. The van der Waals surface area contributed by atoms with E-state index in [2.05, 4.69) is 6.07 Å². The largest absolute Gasteiger partial charge is 0.369 e. The maximum Gasteiger partial charge on any atom is 0.220 e. The summed E-state index contributed by atoms with van der Waals surface area (Å²) in [5, 5.41) is 8.80. The molecule has 0 aliphatic rings.